The molecule has 3 atom stereocenters. The van der Waals surface area contributed by atoms with Crippen LogP contribution in [-0.4, -0.2) is 29.4 Å². The molecule has 2 N–H and O–H groups in total. The molecule has 1 saturated carbocycles. The third-order valence-corrected chi connectivity index (χ3v) is 3.54. The lowest BCUT2D eigenvalue weighted by Crippen LogP contribution is -2.40. The molecule has 0 aromatic rings. The van der Waals surface area contributed by atoms with Gasteiger partial charge in [0.25, 0.3) is 0 Å². The quantitative estimate of drug-likeness (QED) is 0.683. The van der Waals surface area contributed by atoms with Crippen LogP contribution in [0.15, 0.2) is 0 Å². The lowest BCUT2D eigenvalue weighted by molar-refractivity contribution is -0.130. The fourth-order valence-electron chi connectivity index (χ4n) is 2.80. The third kappa shape index (κ3) is 1.92. The van der Waals surface area contributed by atoms with Gasteiger partial charge in [0, 0.05) is 25.0 Å². The molecule has 3 heteroatoms. The molecule has 2 aliphatic rings. The van der Waals surface area contributed by atoms with E-state index in [4.69, 9.17) is 5.73 Å². The minimum absolute atomic E-state index is 0.0831. The molecule has 1 saturated heterocycles. The maximum absolute atomic E-state index is 11.6. The van der Waals surface area contributed by atoms with Crippen molar-refractivity contribution in [2.45, 2.75) is 51.1 Å². The summed E-state index contributed by atoms with van der Waals surface area (Å²) in [7, 11) is 0. The second-order valence-electron chi connectivity index (χ2n) is 4.94. The van der Waals surface area contributed by atoms with E-state index in [9.17, 15) is 4.79 Å². The minimum atomic E-state index is 0.0831. The van der Waals surface area contributed by atoms with Crippen molar-refractivity contribution in [3.63, 3.8) is 0 Å². The number of hydrogen-bond acceptors (Lipinski definition) is 2. The van der Waals surface area contributed by atoms with Crippen molar-refractivity contribution in [2.24, 2.45) is 11.7 Å². The Morgan fingerprint density at radius 1 is 1.43 bits per heavy atom. The van der Waals surface area contributed by atoms with Crippen molar-refractivity contribution < 1.29 is 4.79 Å². The lowest BCUT2D eigenvalue weighted by atomic mass is 9.86. The molecule has 1 aliphatic carbocycles. The molecule has 80 valence electrons. The predicted molar refractivity (Wildman–Crippen MR) is 55.7 cm³/mol. The van der Waals surface area contributed by atoms with Crippen LogP contribution < -0.4 is 5.73 Å². The summed E-state index contributed by atoms with van der Waals surface area (Å²) in [5.74, 6) is 1.05. The second-order valence-corrected chi connectivity index (χ2v) is 4.94. The number of carbonyl (C=O) groups is 1. The van der Waals surface area contributed by atoms with Crippen molar-refractivity contribution in [3.8, 4) is 0 Å². The number of likely N-dealkylation sites (tertiary alicyclic amines) is 1. The monoisotopic (exact) mass is 196 g/mol. The van der Waals surface area contributed by atoms with E-state index < -0.39 is 0 Å². The molecule has 0 spiro atoms. The zero-order chi connectivity index (χ0) is 10.1. The molecule has 0 radical (unpaired) electrons. The Labute approximate surface area is 85.6 Å². The molecule has 2 rings (SSSR count). The summed E-state index contributed by atoms with van der Waals surface area (Å²) in [6.45, 7) is 3.07. The van der Waals surface area contributed by atoms with Gasteiger partial charge in [-0.1, -0.05) is 19.8 Å². The van der Waals surface area contributed by atoms with Crippen LogP contribution in [0.4, 0.5) is 0 Å². The van der Waals surface area contributed by atoms with Crippen LogP contribution in [0.25, 0.3) is 0 Å². The maximum atomic E-state index is 11.6. The van der Waals surface area contributed by atoms with Crippen LogP contribution in [-0.2, 0) is 4.79 Å². The number of nitrogens with two attached hydrogens (primary N) is 1. The van der Waals surface area contributed by atoms with Crippen molar-refractivity contribution in [3.05, 3.63) is 0 Å². The van der Waals surface area contributed by atoms with E-state index >= 15 is 0 Å². The Kier molecular flexibility index (Phi) is 2.77. The summed E-state index contributed by atoms with van der Waals surface area (Å²) < 4.78 is 0. The molecule has 3 unspecified atom stereocenters. The Hall–Kier alpha value is -0.570. The van der Waals surface area contributed by atoms with E-state index in [0.717, 1.165) is 12.5 Å². The Bertz CT molecular complexity index is 229. The Balaban J connectivity index is 1.97. The Morgan fingerprint density at radius 3 is 2.79 bits per heavy atom. The molecular weight excluding hydrogens is 176 g/mol. The highest BCUT2D eigenvalue weighted by atomic mass is 16.2. The molecule has 1 heterocycles. The van der Waals surface area contributed by atoms with E-state index in [0.29, 0.717) is 12.5 Å². The first-order valence-corrected chi connectivity index (χ1v) is 5.72. The largest absolute Gasteiger partial charge is 0.338 e. The number of rotatable bonds is 1. The predicted octanol–water partition coefficient (Wildman–Crippen LogP) is 1.12. The summed E-state index contributed by atoms with van der Waals surface area (Å²) in [6.07, 6.45) is 5.52. The van der Waals surface area contributed by atoms with Gasteiger partial charge in [-0.25, -0.2) is 0 Å². The lowest BCUT2D eigenvalue weighted by Gasteiger charge is -2.34. The van der Waals surface area contributed by atoms with Gasteiger partial charge in [-0.3, -0.25) is 4.79 Å². The SMILES string of the molecule is CC1CCCC(N2CC(N)CC2=O)C1. The highest BCUT2D eigenvalue weighted by Gasteiger charge is 2.34. The molecule has 0 aromatic carbocycles. The average Bonchev–Trinajstić information content (AvgIpc) is 2.45. The van der Waals surface area contributed by atoms with Gasteiger partial charge < -0.3 is 10.6 Å². The number of hydrogen-bond donors (Lipinski definition) is 1. The second kappa shape index (κ2) is 3.89. The van der Waals surface area contributed by atoms with Gasteiger partial charge in [0.2, 0.25) is 5.91 Å². The van der Waals surface area contributed by atoms with Crippen LogP contribution in [0.5, 0.6) is 0 Å². The molecule has 1 aliphatic heterocycles. The van der Waals surface area contributed by atoms with Gasteiger partial charge in [0.1, 0.15) is 0 Å². The van der Waals surface area contributed by atoms with Gasteiger partial charge in [0.05, 0.1) is 0 Å². The van der Waals surface area contributed by atoms with Gasteiger partial charge in [-0.05, 0) is 18.8 Å². The molecular formula is C11H20N2O. The van der Waals surface area contributed by atoms with Gasteiger partial charge in [-0.2, -0.15) is 0 Å². The van der Waals surface area contributed by atoms with Crippen LogP contribution in [0.2, 0.25) is 0 Å². The van der Waals surface area contributed by atoms with E-state index in [2.05, 4.69) is 6.92 Å². The summed E-state index contributed by atoms with van der Waals surface area (Å²) >= 11 is 0. The third-order valence-electron chi connectivity index (χ3n) is 3.54. The van der Waals surface area contributed by atoms with E-state index in [1.165, 1.54) is 25.7 Å². The van der Waals surface area contributed by atoms with Gasteiger partial charge in [0.15, 0.2) is 0 Å². The van der Waals surface area contributed by atoms with Gasteiger partial charge in [-0.15, -0.1) is 0 Å². The summed E-state index contributed by atoms with van der Waals surface area (Å²) in [5.41, 5.74) is 5.79. The van der Waals surface area contributed by atoms with Gasteiger partial charge >= 0.3 is 0 Å². The number of amides is 1. The molecule has 1 amide bonds. The topological polar surface area (TPSA) is 46.3 Å². The van der Waals surface area contributed by atoms with Crippen molar-refractivity contribution in [1.82, 2.24) is 4.90 Å². The Morgan fingerprint density at radius 2 is 2.21 bits per heavy atom. The zero-order valence-corrected chi connectivity index (χ0v) is 8.91. The van der Waals surface area contributed by atoms with Crippen molar-refractivity contribution in [2.75, 3.05) is 6.54 Å². The van der Waals surface area contributed by atoms with Crippen LogP contribution in [0.3, 0.4) is 0 Å². The normalized spacial score (nSPS) is 39.1. The first-order chi connectivity index (χ1) is 6.66. The zero-order valence-electron chi connectivity index (χ0n) is 8.91. The van der Waals surface area contributed by atoms with Crippen LogP contribution >= 0.6 is 0 Å². The molecule has 0 aromatic heterocycles. The maximum Gasteiger partial charge on any atom is 0.224 e. The highest BCUT2D eigenvalue weighted by Crippen LogP contribution is 2.29. The highest BCUT2D eigenvalue weighted by molar-refractivity contribution is 5.79. The molecule has 0 bridgehead atoms. The van der Waals surface area contributed by atoms with Crippen LogP contribution in [0.1, 0.15) is 39.0 Å². The molecule has 2 fully saturated rings. The fraction of sp³-hybridized carbons (Fsp3) is 0.909. The standard InChI is InChI=1S/C11H20N2O/c1-8-3-2-4-10(5-8)13-7-9(12)6-11(13)14/h8-10H,2-7,12H2,1H3. The average molecular weight is 196 g/mol. The van der Waals surface area contributed by atoms with E-state index in [1.54, 1.807) is 0 Å². The number of carbonyl (C=O) groups excluding carboxylic acids is 1. The van der Waals surface area contributed by atoms with E-state index in [1.807, 2.05) is 4.90 Å². The van der Waals surface area contributed by atoms with Crippen molar-refractivity contribution >= 4 is 5.91 Å². The summed E-state index contributed by atoms with van der Waals surface area (Å²) in [6, 6.07) is 0.569. The molecule has 14 heavy (non-hydrogen) atoms. The summed E-state index contributed by atoms with van der Waals surface area (Å²) in [4.78, 5) is 13.7. The molecule has 3 nitrogen and oxygen atoms in total. The fourth-order valence-corrected chi connectivity index (χ4v) is 2.80. The first-order valence-electron chi connectivity index (χ1n) is 5.72. The smallest absolute Gasteiger partial charge is 0.224 e. The number of nitrogens with zero attached hydrogens (tertiary/aromatic N) is 1. The van der Waals surface area contributed by atoms with Crippen LogP contribution in [0, 0.1) is 5.92 Å². The summed E-state index contributed by atoms with van der Waals surface area (Å²) in [5, 5.41) is 0. The minimum Gasteiger partial charge on any atom is -0.338 e. The first kappa shape index (κ1) is 9.97. The van der Waals surface area contributed by atoms with Crippen molar-refractivity contribution in [1.29, 1.82) is 0 Å². The van der Waals surface area contributed by atoms with E-state index in [-0.39, 0.29) is 11.9 Å².